The van der Waals surface area contributed by atoms with Crippen molar-refractivity contribution in [2.75, 3.05) is 12.4 Å². The van der Waals surface area contributed by atoms with E-state index >= 15 is 0 Å². The molecule has 0 aliphatic carbocycles. The number of benzene rings is 2. The van der Waals surface area contributed by atoms with Crippen LogP contribution >= 0.6 is 34.7 Å². The van der Waals surface area contributed by atoms with Gasteiger partial charge >= 0.3 is 11.9 Å². The molecule has 7 nitrogen and oxygen atoms in total. The third-order valence-corrected chi connectivity index (χ3v) is 7.91. The Balaban J connectivity index is 0.00000380. The van der Waals surface area contributed by atoms with Gasteiger partial charge in [-0.05, 0) is 101 Å². The molecule has 1 aromatic heterocycles. The first-order chi connectivity index (χ1) is 17.9. The average molecular weight is 595 g/mol. The third-order valence-electron chi connectivity index (χ3n) is 5.95. The number of hydrogen-bond donors (Lipinski definition) is 4. The minimum atomic E-state index is -0.850. The van der Waals surface area contributed by atoms with Crippen LogP contribution in [-0.2, 0) is 22.4 Å². The number of carboxylic acids is 2. The fourth-order valence-electron chi connectivity index (χ4n) is 4.10. The van der Waals surface area contributed by atoms with Gasteiger partial charge in [0.25, 0.3) is 0 Å². The summed E-state index contributed by atoms with van der Waals surface area (Å²) in [5.74, 6) is 0.0140. The second-order valence-corrected chi connectivity index (χ2v) is 11.2. The molecule has 1 heterocycles. The molecule has 0 radical (unpaired) electrons. The highest BCUT2D eigenvalue weighted by Crippen LogP contribution is 2.31. The first kappa shape index (κ1) is 34.5. The van der Waals surface area contributed by atoms with Crippen LogP contribution in [0, 0.1) is 0 Å². The molecule has 0 unspecified atom stereocenters. The number of unbranched alkanes of at least 4 members (excludes halogenated alkanes) is 3. The SMILES string of the molecule is N.N.O=C(O)CCCOc1cccc(CCCCCCSc2cc(Cl)cc(-c3ccsc3)c2)c1CCC(=O)O. The van der Waals surface area contributed by atoms with Crippen molar-refractivity contribution < 1.29 is 24.5 Å². The zero-order chi connectivity index (χ0) is 26.5. The third kappa shape index (κ3) is 12.4. The molecule has 214 valence electrons. The number of halogens is 1. The molecular formula is C29H39ClN2O5S2. The van der Waals surface area contributed by atoms with Crippen LogP contribution in [0.3, 0.4) is 0 Å². The van der Waals surface area contributed by atoms with Gasteiger partial charge in [-0.3, -0.25) is 9.59 Å². The van der Waals surface area contributed by atoms with Gasteiger partial charge in [-0.1, -0.05) is 36.6 Å². The van der Waals surface area contributed by atoms with Crippen molar-refractivity contribution >= 4 is 46.6 Å². The molecule has 0 bridgehead atoms. The Morgan fingerprint density at radius 3 is 2.36 bits per heavy atom. The lowest BCUT2D eigenvalue weighted by Gasteiger charge is -2.15. The van der Waals surface area contributed by atoms with E-state index in [9.17, 15) is 14.7 Å². The highest BCUT2D eigenvalue weighted by atomic mass is 35.5. The first-order valence-corrected chi connectivity index (χ1v) is 14.9. The number of thiophene rings is 1. The van der Waals surface area contributed by atoms with Crippen molar-refractivity contribution in [1.29, 1.82) is 0 Å². The molecule has 8 N–H and O–H groups in total. The summed E-state index contributed by atoms with van der Waals surface area (Å²) in [6.07, 6.45) is 6.14. The maximum Gasteiger partial charge on any atom is 0.303 e. The van der Waals surface area contributed by atoms with Crippen molar-refractivity contribution in [3.8, 4) is 16.9 Å². The van der Waals surface area contributed by atoms with E-state index < -0.39 is 11.9 Å². The molecular weight excluding hydrogens is 556 g/mol. The predicted molar refractivity (Wildman–Crippen MR) is 162 cm³/mol. The zero-order valence-corrected chi connectivity index (χ0v) is 24.6. The molecule has 0 aliphatic heterocycles. The molecule has 39 heavy (non-hydrogen) atoms. The highest BCUT2D eigenvalue weighted by molar-refractivity contribution is 7.99. The maximum atomic E-state index is 11.2. The van der Waals surface area contributed by atoms with Crippen LogP contribution in [0.5, 0.6) is 5.75 Å². The molecule has 2 aromatic carbocycles. The molecule has 0 amide bonds. The molecule has 0 fully saturated rings. The Kier molecular flexibility index (Phi) is 16.5. The quantitative estimate of drug-likeness (QED) is 0.0894. The van der Waals surface area contributed by atoms with E-state index in [0.717, 1.165) is 59.6 Å². The van der Waals surface area contributed by atoms with Gasteiger partial charge in [0.15, 0.2) is 0 Å². The van der Waals surface area contributed by atoms with Crippen molar-refractivity contribution in [3.05, 3.63) is 69.4 Å². The van der Waals surface area contributed by atoms with Gasteiger partial charge in [-0.25, -0.2) is 0 Å². The Morgan fingerprint density at radius 2 is 1.64 bits per heavy atom. The topological polar surface area (TPSA) is 154 Å². The second kappa shape index (κ2) is 18.7. The summed E-state index contributed by atoms with van der Waals surface area (Å²) in [7, 11) is 0. The molecule has 0 aliphatic rings. The first-order valence-electron chi connectivity index (χ1n) is 12.6. The van der Waals surface area contributed by atoms with Crippen LogP contribution in [0.4, 0.5) is 0 Å². The van der Waals surface area contributed by atoms with Gasteiger partial charge in [0, 0.05) is 22.8 Å². The van der Waals surface area contributed by atoms with Gasteiger partial charge in [0.2, 0.25) is 0 Å². The fraction of sp³-hybridized carbons (Fsp3) is 0.379. The Hall–Kier alpha value is -2.56. The van der Waals surface area contributed by atoms with E-state index in [1.807, 2.05) is 42.1 Å². The van der Waals surface area contributed by atoms with Crippen molar-refractivity contribution in [2.24, 2.45) is 0 Å². The minimum Gasteiger partial charge on any atom is -0.493 e. The van der Waals surface area contributed by atoms with E-state index in [1.165, 1.54) is 10.5 Å². The summed E-state index contributed by atoms with van der Waals surface area (Å²) in [6, 6.07) is 14.2. The van der Waals surface area contributed by atoms with Crippen molar-refractivity contribution in [3.63, 3.8) is 0 Å². The number of carboxylic acid groups (broad SMARTS) is 2. The average Bonchev–Trinajstić information content (AvgIpc) is 3.40. The van der Waals surface area contributed by atoms with Gasteiger partial charge in [0.1, 0.15) is 5.75 Å². The lowest BCUT2D eigenvalue weighted by molar-refractivity contribution is -0.138. The smallest absolute Gasteiger partial charge is 0.303 e. The Morgan fingerprint density at radius 1 is 0.872 bits per heavy atom. The normalized spacial score (nSPS) is 10.4. The summed E-state index contributed by atoms with van der Waals surface area (Å²) >= 11 is 9.86. The second-order valence-electron chi connectivity index (χ2n) is 8.83. The lowest BCUT2D eigenvalue weighted by Crippen LogP contribution is -2.07. The summed E-state index contributed by atoms with van der Waals surface area (Å²) in [4.78, 5) is 23.1. The van der Waals surface area contributed by atoms with Crippen molar-refractivity contribution in [1.82, 2.24) is 12.3 Å². The van der Waals surface area contributed by atoms with Gasteiger partial charge < -0.3 is 27.3 Å². The number of thioether (sulfide) groups is 1. The summed E-state index contributed by atoms with van der Waals surface area (Å²) in [6.45, 7) is 0.300. The fourth-order valence-corrected chi connectivity index (χ4v) is 6.07. The molecule has 3 aromatic rings. The number of aryl methyl sites for hydroxylation is 1. The monoisotopic (exact) mass is 594 g/mol. The van der Waals surface area contributed by atoms with Gasteiger partial charge in [-0.2, -0.15) is 11.3 Å². The molecule has 0 saturated heterocycles. The summed E-state index contributed by atoms with van der Waals surface area (Å²) < 4.78 is 5.83. The lowest BCUT2D eigenvalue weighted by atomic mass is 9.97. The number of carbonyl (C=O) groups is 2. The molecule has 0 atom stereocenters. The van der Waals surface area contributed by atoms with E-state index in [2.05, 4.69) is 22.9 Å². The highest BCUT2D eigenvalue weighted by Gasteiger charge is 2.12. The van der Waals surface area contributed by atoms with Crippen LogP contribution < -0.4 is 17.0 Å². The van der Waals surface area contributed by atoms with Crippen molar-refractivity contribution in [2.45, 2.75) is 62.7 Å². The molecule has 0 spiro atoms. The number of ether oxygens (including phenoxy) is 1. The standard InChI is InChI=1S/C29H33ClO5S2.2H3N/c30-24-17-23(22-13-16-36-20-22)18-25(19-24)37-15-4-2-1-3-7-21-8-5-9-27(26(21)11-12-29(33)34)35-14-6-10-28(31)32;;/h5,8-9,13,16-20H,1-4,6-7,10-12,14-15H2,(H,31,32)(H,33,34);2*1H3. The van der Waals surface area contributed by atoms with E-state index in [-0.39, 0.29) is 25.1 Å². The minimum absolute atomic E-state index is 0. The van der Waals surface area contributed by atoms with Crippen LogP contribution in [-0.4, -0.2) is 34.5 Å². The zero-order valence-electron chi connectivity index (χ0n) is 22.2. The predicted octanol–water partition coefficient (Wildman–Crippen LogP) is 8.55. The Bertz CT molecular complexity index is 1160. The van der Waals surface area contributed by atoms with Gasteiger partial charge in [-0.15, -0.1) is 11.8 Å². The number of rotatable bonds is 17. The molecule has 0 saturated carbocycles. The van der Waals surface area contributed by atoms with E-state index in [0.29, 0.717) is 25.2 Å². The van der Waals surface area contributed by atoms with Crippen LogP contribution in [0.1, 0.15) is 56.1 Å². The largest absolute Gasteiger partial charge is 0.493 e. The number of aliphatic carboxylic acids is 2. The van der Waals surface area contributed by atoms with Crippen LogP contribution in [0.15, 0.2) is 58.1 Å². The molecule has 10 heteroatoms. The van der Waals surface area contributed by atoms with Crippen LogP contribution in [0.2, 0.25) is 5.02 Å². The van der Waals surface area contributed by atoms with Crippen LogP contribution in [0.25, 0.3) is 11.1 Å². The van der Waals surface area contributed by atoms with E-state index in [4.69, 9.17) is 21.4 Å². The number of hydrogen-bond acceptors (Lipinski definition) is 7. The maximum absolute atomic E-state index is 11.2. The summed E-state index contributed by atoms with van der Waals surface area (Å²) in [5.41, 5.74) is 4.40. The van der Waals surface area contributed by atoms with Gasteiger partial charge in [0.05, 0.1) is 6.61 Å². The van der Waals surface area contributed by atoms with E-state index in [1.54, 1.807) is 11.3 Å². The molecule has 3 rings (SSSR count). The Labute approximate surface area is 244 Å². The summed E-state index contributed by atoms with van der Waals surface area (Å²) in [5, 5.41) is 23.0.